The quantitative estimate of drug-likeness (QED) is 0.601. The van der Waals surface area contributed by atoms with Crippen LogP contribution in [0.4, 0.5) is 5.69 Å². The number of hydrogen-bond acceptors (Lipinski definition) is 4. The zero-order valence-electron chi connectivity index (χ0n) is 14.7. The number of imide groups is 1. The van der Waals surface area contributed by atoms with E-state index in [1.165, 1.54) is 4.90 Å². The van der Waals surface area contributed by atoms with Crippen LogP contribution < -0.4 is 4.90 Å². The Kier molecular flexibility index (Phi) is 4.52. The van der Waals surface area contributed by atoms with Gasteiger partial charge in [-0.2, -0.15) is 0 Å². The van der Waals surface area contributed by atoms with Gasteiger partial charge < -0.3 is 0 Å². The van der Waals surface area contributed by atoms with E-state index in [0.29, 0.717) is 10.0 Å². The molecule has 0 bridgehead atoms. The summed E-state index contributed by atoms with van der Waals surface area (Å²) in [6.45, 7) is 1.60. The van der Waals surface area contributed by atoms with Crippen molar-refractivity contribution in [2.45, 2.75) is 18.5 Å². The molecule has 144 valence electrons. The highest BCUT2D eigenvalue weighted by Gasteiger charge is 2.63. The van der Waals surface area contributed by atoms with Gasteiger partial charge in [0, 0.05) is 17.6 Å². The maximum atomic E-state index is 13.5. The lowest BCUT2D eigenvalue weighted by atomic mass is 9.90. The van der Waals surface area contributed by atoms with Gasteiger partial charge in [0.25, 0.3) is 5.91 Å². The monoisotopic (exact) mass is 479 g/mol. The third kappa shape index (κ3) is 2.59. The topological polar surface area (TPSA) is 43.9 Å². The van der Waals surface area contributed by atoms with Crippen molar-refractivity contribution in [3.63, 3.8) is 0 Å². The summed E-state index contributed by atoms with van der Waals surface area (Å²) in [4.78, 5) is 28.1. The Morgan fingerprint density at radius 2 is 1.46 bits per heavy atom. The molecule has 28 heavy (non-hydrogen) atoms. The molecule has 0 radical (unpaired) electrons. The minimum atomic E-state index is -0.518. The molecule has 0 spiro atoms. The van der Waals surface area contributed by atoms with Crippen molar-refractivity contribution in [1.29, 1.82) is 0 Å². The Bertz CT molecular complexity index is 964. The first kappa shape index (κ1) is 18.6. The summed E-state index contributed by atoms with van der Waals surface area (Å²) in [5.74, 6) is -0.981. The van der Waals surface area contributed by atoms with Crippen LogP contribution in [-0.4, -0.2) is 41.0 Å². The Balaban J connectivity index is 1.62. The molecule has 8 heteroatoms. The number of nitrogens with zero attached hydrogens (tertiary/aromatic N) is 3. The second-order valence-electron chi connectivity index (χ2n) is 7.23. The number of rotatable bonds is 2. The molecule has 0 saturated carbocycles. The number of hydrogen-bond donors (Lipinski definition) is 0. The minimum Gasteiger partial charge on any atom is -0.274 e. The van der Waals surface area contributed by atoms with E-state index in [0.717, 1.165) is 29.5 Å². The highest BCUT2D eigenvalue weighted by atomic mass is 79.9. The van der Waals surface area contributed by atoms with E-state index in [1.54, 1.807) is 18.2 Å². The van der Waals surface area contributed by atoms with Gasteiger partial charge in [-0.3, -0.25) is 9.59 Å². The van der Waals surface area contributed by atoms with Crippen LogP contribution in [0, 0.1) is 5.92 Å². The second kappa shape index (κ2) is 6.82. The number of halogens is 3. The first-order valence-electron chi connectivity index (χ1n) is 9.09. The van der Waals surface area contributed by atoms with E-state index in [-0.39, 0.29) is 23.5 Å². The Hall–Kier alpha value is -1.44. The molecule has 0 N–H and O–H groups in total. The van der Waals surface area contributed by atoms with E-state index in [4.69, 9.17) is 23.2 Å². The second-order valence-corrected chi connectivity index (χ2v) is 8.96. The molecule has 5 nitrogen and oxygen atoms in total. The summed E-state index contributed by atoms with van der Waals surface area (Å²) in [7, 11) is 0. The first-order valence-corrected chi connectivity index (χ1v) is 10.6. The highest BCUT2D eigenvalue weighted by molar-refractivity contribution is 9.10. The molecule has 2 amide bonds. The van der Waals surface area contributed by atoms with Gasteiger partial charge in [-0.05, 0) is 36.2 Å². The van der Waals surface area contributed by atoms with Crippen LogP contribution >= 0.6 is 39.1 Å². The average Bonchev–Trinajstić information content (AvgIpc) is 3.30. The predicted octanol–water partition coefficient (Wildman–Crippen LogP) is 4.29. The van der Waals surface area contributed by atoms with Crippen molar-refractivity contribution >= 4 is 56.6 Å². The third-order valence-corrected chi connectivity index (χ3v) is 6.92. The number of carbonyl (C=O) groups excluding carboxylic acids is 2. The largest absolute Gasteiger partial charge is 0.274 e. The highest BCUT2D eigenvalue weighted by Crippen LogP contribution is 2.50. The molecule has 0 aromatic heterocycles. The molecule has 0 unspecified atom stereocenters. The van der Waals surface area contributed by atoms with E-state index in [9.17, 15) is 9.59 Å². The van der Waals surface area contributed by atoms with Crippen LogP contribution in [0.2, 0.25) is 10.0 Å². The predicted molar refractivity (Wildman–Crippen MR) is 111 cm³/mol. The van der Waals surface area contributed by atoms with Gasteiger partial charge in [-0.1, -0.05) is 57.3 Å². The number of amides is 2. The van der Waals surface area contributed by atoms with Gasteiger partial charge in [0.2, 0.25) is 5.91 Å². The standard InChI is InChI=1S/C20H16BrCl2N3O2/c21-12-7-5-11(6-8-12)16-15-18(25-10-2-9-24(16)25)20(28)26(19(15)27)17-13(22)3-1-4-14(17)23/h1,3-8,15-16,18H,2,9-10H2/t15-,16+,18+/m1/s1. The SMILES string of the molecule is O=C1[C@H]2[C@@H](C(=O)N1c1c(Cl)cccc1Cl)N1CCCN1[C@H]2c1ccc(Br)cc1. The van der Waals surface area contributed by atoms with E-state index in [2.05, 4.69) is 25.9 Å². The van der Waals surface area contributed by atoms with Gasteiger partial charge in [-0.15, -0.1) is 0 Å². The molecule has 3 aliphatic rings. The van der Waals surface area contributed by atoms with E-state index < -0.39 is 12.0 Å². The third-order valence-electron chi connectivity index (χ3n) is 5.78. The average molecular weight is 481 g/mol. The van der Waals surface area contributed by atoms with Crippen molar-refractivity contribution < 1.29 is 9.59 Å². The maximum Gasteiger partial charge on any atom is 0.253 e. The van der Waals surface area contributed by atoms with E-state index in [1.807, 2.05) is 24.3 Å². The van der Waals surface area contributed by atoms with Gasteiger partial charge in [0.15, 0.2) is 0 Å². The Morgan fingerprint density at radius 3 is 2.11 bits per heavy atom. The Morgan fingerprint density at radius 1 is 0.857 bits per heavy atom. The Labute approximate surface area is 180 Å². The van der Waals surface area contributed by atoms with Crippen LogP contribution in [0.1, 0.15) is 18.0 Å². The molecule has 3 saturated heterocycles. The molecule has 5 rings (SSSR count). The molecule has 2 aromatic rings. The zero-order valence-corrected chi connectivity index (χ0v) is 17.8. The molecular formula is C20H16BrCl2N3O2. The van der Waals surface area contributed by atoms with Crippen LogP contribution in [0.3, 0.4) is 0 Å². The number of carbonyl (C=O) groups is 2. The summed E-state index contributed by atoms with van der Waals surface area (Å²) < 4.78 is 0.974. The molecule has 2 aromatic carbocycles. The van der Waals surface area contributed by atoms with Crippen LogP contribution in [-0.2, 0) is 9.59 Å². The van der Waals surface area contributed by atoms with Crippen molar-refractivity contribution in [3.05, 3.63) is 62.5 Å². The minimum absolute atomic E-state index is 0.177. The number of fused-ring (bicyclic) bond motifs is 3. The zero-order chi connectivity index (χ0) is 19.6. The van der Waals surface area contributed by atoms with Crippen molar-refractivity contribution in [2.75, 3.05) is 18.0 Å². The lowest BCUT2D eigenvalue weighted by molar-refractivity contribution is -0.126. The maximum absolute atomic E-state index is 13.5. The van der Waals surface area contributed by atoms with Gasteiger partial charge in [-0.25, -0.2) is 14.9 Å². The van der Waals surface area contributed by atoms with E-state index >= 15 is 0 Å². The summed E-state index contributed by atoms with van der Waals surface area (Å²) in [5.41, 5.74) is 1.31. The van der Waals surface area contributed by atoms with Gasteiger partial charge >= 0.3 is 0 Å². The van der Waals surface area contributed by atoms with Crippen molar-refractivity contribution in [2.24, 2.45) is 5.92 Å². The van der Waals surface area contributed by atoms with Crippen LogP contribution in [0.15, 0.2) is 46.9 Å². The van der Waals surface area contributed by atoms with Crippen LogP contribution in [0.25, 0.3) is 0 Å². The molecule has 3 fully saturated rings. The lowest BCUT2D eigenvalue weighted by Gasteiger charge is -2.30. The molecule has 3 atom stereocenters. The first-order chi connectivity index (χ1) is 13.5. The lowest BCUT2D eigenvalue weighted by Crippen LogP contribution is -2.44. The summed E-state index contributed by atoms with van der Waals surface area (Å²) >= 11 is 16.1. The molecule has 3 heterocycles. The fourth-order valence-electron chi connectivity index (χ4n) is 4.70. The summed E-state index contributed by atoms with van der Waals surface area (Å²) in [6.07, 6.45) is 0.963. The van der Waals surface area contributed by atoms with Gasteiger partial charge in [0.05, 0.1) is 27.7 Å². The number of benzene rings is 2. The van der Waals surface area contributed by atoms with Crippen LogP contribution in [0.5, 0.6) is 0 Å². The fraction of sp³-hybridized carbons (Fsp3) is 0.300. The normalized spacial score (nSPS) is 27.5. The van der Waals surface area contributed by atoms with Gasteiger partial charge in [0.1, 0.15) is 6.04 Å². The van der Waals surface area contributed by atoms with Crippen molar-refractivity contribution in [3.8, 4) is 0 Å². The molecule has 0 aliphatic carbocycles. The smallest absolute Gasteiger partial charge is 0.253 e. The fourth-order valence-corrected chi connectivity index (χ4v) is 5.53. The number of hydrazine groups is 1. The van der Waals surface area contributed by atoms with Crippen molar-refractivity contribution in [1.82, 2.24) is 10.0 Å². The summed E-state index contributed by atoms with van der Waals surface area (Å²) in [5, 5.41) is 4.84. The molecule has 3 aliphatic heterocycles. The molecular weight excluding hydrogens is 465 g/mol. The number of anilines is 1. The number of para-hydroxylation sites is 1. The summed E-state index contributed by atoms with van der Waals surface area (Å²) in [6, 6.07) is 12.2.